The van der Waals surface area contributed by atoms with E-state index in [1.54, 1.807) is 12.2 Å². The Bertz CT molecular complexity index is 509. The largest absolute Gasteiger partial charge is 0.296 e. The Kier molecular flexibility index (Phi) is 2.72. The van der Waals surface area contributed by atoms with Gasteiger partial charge in [-0.25, -0.2) is 5.06 Å². The van der Waals surface area contributed by atoms with Gasteiger partial charge in [-0.3, -0.25) is 14.4 Å². The molecule has 4 heteroatoms. The van der Waals surface area contributed by atoms with Crippen molar-refractivity contribution in [1.29, 1.82) is 0 Å². The molecular formula is C14H13NO3. The average Bonchev–Trinajstić information content (AvgIpc) is 2.64. The molecule has 1 aromatic rings. The monoisotopic (exact) mass is 243 g/mol. The average molecular weight is 243 g/mol. The number of fused-ring (bicyclic) bond motifs is 2. The lowest BCUT2D eigenvalue weighted by Gasteiger charge is -2.30. The van der Waals surface area contributed by atoms with Crippen LogP contribution in [0.15, 0.2) is 42.5 Å². The highest BCUT2D eigenvalue weighted by Gasteiger charge is 2.43. The molecule has 0 N–H and O–H groups in total. The first-order valence-electron chi connectivity index (χ1n) is 5.96. The standard InChI is InChI=1S/C14H13NO3/c16-13-8-11-6-7-12(14(11)17)15(13)18-9-10-4-2-1-3-5-10/h1-7,11-12H,8-9H2. The van der Waals surface area contributed by atoms with Gasteiger partial charge in [0.2, 0.25) is 5.91 Å². The number of rotatable bonds is 3. The summed E-state index contributed by atoms with van der Waals surface area (Å²) in [5.74, 6) is -0.299. The Labute approximate surface area is 105 Å². The van der Waals surface area contributed by atoms with Gasteiger partial charge in [0, 0.05) is 12.3 Å². The first-order valence-corrected chi connectivity index (χ1v) is 5.96. The molecule has 0 saturated carbocycles. The predicted molar refractivity (Wildman–Crippen MR) is 64.1 cm³/mol. The minimum atomic E-state index is -0.528. The van der Waals surface area contributed by atoms with Crippen LogP contribution in [0.3, 0.4) is 0 Å². The summed E-state index contributed by atoms with van der Waals surface area (Å²) in [7, 11) is 0. The molecule has 18 heavy (non-hydrogen) atoms. The van der Waals surface area contributed by atoms with Crippen molar-refractivity contribution in [2.45, 2.75) is 19.1 Å². The summed E-state index contributed by atoms with van der Waals surface area (Å²) in [4.78, 5) is 29.1. The number of hydroxylamine groups is 2. The van der Waals surface area contributed by atoms with Crippen molar-refractivity contribution in [3.8, 4) is 0 Å². The maximum atomic E-state index is 11.8. The zero-order valence-corrected chi connectivity index (χ0v) is 9.78. The Hall–Kier alpha value is -1.94. The van der Waals surface area contributed by atoms with Crippen LogP contribution in [0.5, 0.6) is 0 Å². The molecule has 0 aromatic heterocycles. The van der Waals surface area contributed by atoms with Gasteiger partial charge < -0.3 is 0 Å². The maximum Gasteiger partial charge on any atom is 0.248 e. The molecule has 0 radical (unpaired) electrons. The quantitative estimate of drug-likeness (QED) is 0.755. The van der Waals surface area contributed by atoms with Crippen molar-refractivity contribution >= 4 is 11.7 Å². The van der Waals surface area contributed by atoms with Gasteiger partial charge in [-0.1, -0.05) is 42.5 Å². The molecule has 1 heterocycles. The molecule has 1 fully saturated rings. The van der Waals surface area contributed by atoms with Crippen LogP contribution in [0.4, 0.5) is 0 Å². The number of hydrogen-bond acceptors (Lipinski definition) is 3. The number of carbonyl (C=O) groups excluding carboxylic acids is 2. The van der Waals surface area contributed by atoms with Crippen LogP contribution < -0.4 is 0 Å². The number of carbonyl (C=O) groups is 2. The van der Waals surface area contributed by atoms with Gasteiger partial charge in [0.05, 0.1) is 0 Å². The Morgan fingerprint density at radius 2 is 1.94 bits per heavy atom. The number of ketones is 1. The Balaban J connectivity index is 1.70. The van der Waals surface area contributed by atoms with Crippen molar-refractivity contribution < 1.29 is 14.4 Å². The third-order valence-electron chi connectivity index (χ3n) is 3.29. The van der Waals surface area contributed by atoms with E-state index >= 15 is 0 Å². The molecule has 2 bridgehead atoms. The minimum Gasteiger partial charge on any atom is -0.296 e. The molecule has 0 spiro atoms. The fourth-order valence-corrected chi connectivity index (χ4v) is 2.31. The van der Waals surface area contributed by atoms with E-state index in [9.17, 15) is 9.59 Å². The summed E-state index contributed by atoms with van der Waals surface area (Å²) in [5, 5.41) is 1.22. The molecule has 2 aliphatic rings. The summed E-state index contributed by atoms with van der Waals surface area (Å²) >= 11 is 0. The van der Waals surface area contributed by atoms with Crippen LogP contribution in [-0.4, -0.2) is 22.8 Å². The highest BCUT2D eigenvalue weighted by Crippen LogP contribution is 2.29. The SMILES string of the molecule is O=C1C2C=CC1N(OCc1ccccc1)C(=O)C2. The number of Topliss-reactive ketones (excluding diaryl/α,β-unsaturated/α-hetero) is 1. The van der Waals surface area contributed by atoms with Crippen molar-refractivity contribution in [2.75, 3.05) is 0 Å². The topological polar surface area (TPSA) is 46.6 Å². The number of amides is 1. The van der Waals surface area contributed by atoms with Crippen LogP contribution >= 0.6 is 0 Å². The van der Waals surface area contributed by atoms with Crippen LogP contribution in [0.2, 0.25) is 0 Å². The summed E-state index contributed by atoms with van der Waals surface area (Å²) < 4.78 is 0. The molecular weight excluding hydrogens is 230 g/mol. The highest BCUT2D eigenvalue weighted by atomic mass is 16.7. The van der Waals surface area contributed by atoms with Crippen molar-refractivity contribution in [3.63, 3.8) is 0 Å². The van der Waals surface area contributed by atoms with Gasteiger partial charge in [0.1, 0.15) is 12.6 Å². The highest BCUT2D eigenvalue weighted by molar-refractivity contribution is 6.01. The molecule has 3 rings (SSSR count). The molecule has 1 amide bonds. The van der Waals surface area contributed by atoms with Crippen LogP contribution in [0.1, 0.15) is 12.0 Å². The Morgan fingerprint density at radius 1 is 1.17 bits per heavy atom. The third-order valence-corrected chi connectivity index (χ3v) is 3.29. The summed E-state index contributed by atoms with van der Waals surface area (Å²) in [6.07, 6.45) is 3.78. The maximum absolute atomic E-state index is 11.8. The summed E-state index contributed by atoms with van der Waals surface area (Å²) in [6, 6.07) is 9.05. The first kappa shape index (κ1) is 11.2. The number of nitrogens with zero attached hydrogens (tertiary/aromatic N) is 1. The third kappa shape index (κ3) is 1.84. The smallest absolute Gasteiger partial charge is 0.248 e. The number of allylic oxidation sites excluding steroid dienone is 1. The molecule has 1 aromatic carbocycles. The molecule has 92 valence electrons. The van der Waals surface area contributed by atoms with E-state index in [1.165, 1.54) is 5.06 Å². The lowest BCUT2D eigenvalue weighted by molar-refractivity contribution is -0.206. The zero-order chi connectivity index (χ0) is 12.5. The lowest BCUT2D eigenvalue weighted by atomic mass is 9.97. The van der Waals surface area contributed by atoms with Crippen molar-refractivity contribution in [2.24, 2.45) is 5.92 Å². The second-order valence-electron chi connectivity index (χ2n) is 4.52. The molecule has 1 aliphatic heterocycles. The molecule has 1 aliphatic carbocycles. The van der Waals surface area contributed by atoms with E-state index in [1.807, 2.05) is 30.3 Å². The second kappa shape index (κ2) is 4.38. The van der Waals surface area contributed by atoms with Crippen LogP contribution in [-0.2, 0) is 21.0 Å². The number of piperidine rings is 1. The van der Waals surface area contributed by atoms with E-state index in [0.717, 1.165) is 5.56 Å². The van der Waals surface area contributed by atoms with E-state index in [-0.39, 0.29) is 24.0 Å². The van der Waals surface area contributed by atoms with Crippen molar-refractivity contribution in [1.82, 2.24) is 5.06 Å². The van der Waals surface area contributed by atoms with Gasteiger partial charge in [-0.2, -0.15) is 0 Å². The van der Waals surface area contributed by atoms with E-state index in [0.29, 0.717) is 6.61 Å². The van der Waals surface area contributed by atoms with Crippen LogP contribution in [0.25, 0.3) is 0 Å². The van der Waals surface area contributed by atoms with E-state index in [2.05, 4.69) is 0 Å². The Morgan fingerprint density at radius 3 is 2.72 bits per heavy atom. The van der Waals surface area contributed by atoms with Gasteiger partial charge in [-0.15, -0.1) is 0 Å². The van der Waals surface area contributed by atoms with E-state index in [4.69, 9.17) is 4.84 Å². The molecule has 1 saturated heterocycles. The lowest BCUT2D eigenvalue weighted by Crippen LogP contribution is -2.48. The van der Waals surface area contributed by atoms with Crippen molar-refractivity contribution in [3.05, 3.63) is 48.0 Å². The molecule has 2 unspecified atom stereocenters. The first-order chi connectivity index (χ1) is 8.75. The van der Waals surface area contributed by atoms with Gasteiger partial charge in [-0.05, 0) is 5.56 Å². The predicted octanol–water partition coefficient (Wildman–Crippen LogP) is 1.47. The zero-order valence-electron chi connectivity index (χ0n) is 9.78. The minimum absolute atomic E-state index is 0.0580. The molecule has 2 atom stereocenters. The summed E-state index contributed by atoms with van der Waals surface area (Å²) in [5.41, 5.74) is 0.974. The van der Waals surface area contributed by atoms with E-state index < -0.39 is 6.04 Å². The normalized spacial score (nSPS) is 25.9. The fourth-order valence-electron chi connectivity index (χ4n) is 2.31. The van der Waals surface area contributed by atoms with Gasteiger partial charge >= 0.3 is 0 Å². The van der Waals surface area contributed by atoms with Gasteiger partial charge in [0.15, 0.2) is 5.78 Å². The molecule has 4 nitrogen and oxygen atoms in total. The second-order valence-corrected chi connectivity index (χ2v) is 4.52. The summed E-state index contributed by atoms with van der Waals surface area (Å²) in [6.45, 7) is 0.300. The fraction of sp³-hybridized carbons (Fsp3) is 0.286. The number of hydrogen-bond donors (Lipinski definition) is 0. The van der Waals surface area contributed by atoms with Crippen LogP contribution in [0, 0.1) is 5.92 Å². The number of benzene rings is 1. The van der Waals surface area contributed by atoms with Gasteiger partial charge in [0.25, 0.3) is 0 Å².